The van der Waals surface area contributed by atoms with Gasteiger partial charge in [-0.2, -0.15) is 0 Å². The van der Waals surface area contributed by atoms with E-state index in [0.717, 1.165) is 11.1 Å². The van der Waals surface area contributed by atoms with Crippen molar-refractivity contribution in [2.45, 2.75) is 19.9 Å². The van der Waals surface area contributed by atoms with Gasteiger partial charge in [0, 0.05) is 13.1 Å². The van der Waals surface area contributed by atoms with Gasteiger partial charge in [0.2, 0.25) is 0 Å². The molecule has 0 unspecified atom stereocenters. The molecule has 0 N–H and O–H groups in total. The van der Waals surface area contributed by atoms with E-state index < -0.39 is 5.97 Å². The molecule has 0 saturated heterocycles. The van der Waals surface area contributed by atoms with Crippen LogP contribution in [0, 0.1) is 12.7 Å². The lowest BCUT2D eigenvalue weighted by atomic mass is 10.2. The van der Waals surface area contributed by atoms with E-state index in [1.54, 1.807) is 24.3 Å². The highest BCUT2D eigenvalue weighted by Crippen LogP contribution is 2.13. The van der Waals surface area contributed by atoms with Crippen molar-refractivity contribution in [2.24, 2.45) is 0 Å². The molecule has 6 heteroatoms. The first kappa shape index (κ1) is 19.4. The third-order valence-electron chi connectivity index (χ3n) is 3.84. The van der Waals surface area contributed by atoms with E-state index in [1.165, 1.54) is 24.1 Å². The lowest BCUT2D eigenvalue weighted by Crippen LogP contribution is -2.36. The predicted molar refractivity (Wildman–Crippen MR) is 95.1 cm³/mol. The highest BCUT2D eigenvalue weighted by atomic mass is 19.1. The highest BCUT2D eigenvalue weighted by molar-refractivity contribution is 5.78. The second-order valence-electron chi connectivity index (χ2n) is 5.87. The van der Waals surface area contributed by atoms with Crippen molar-refractivity contribution in [1.82, 2.24) is 4.90 Å². The fourth-order valence-corrected chi connectivity index (χ4v) is 2.30. The summed E-state index contributed by atoms with van der Waals surface area (Å²) in [6.07, 6.45) is 0.0773. The minimum absolute atomic E-state index is 0.0773. The summed E-state index contributed by atoms with van der Waals surface area (Å²) in [4.78, 5) is 25.4. The average Bonchev–Trinajstić information content (AvgIpc) is 2.65. The molecule has 0 saturated carbocycles. The van der Waals surface area contributed by atoms with Crippen molar-refractivity contribution in [2.75, 3.05) is 20.3 Å². The molecule has 0 bridgehead atoms. The Kier molecular flexibility index (Phi) is 7.14. The third-order valence-corrected chi connectivity index (χ3v) is 3.84. The van der Waals surface area contributed by atoms with Crippen LogP contribution in [0.4, 0.5) is 4.39 Å². The molecule has 2 aromatic rings. The number of hydrogen-bond donors (Lipinski definition) is 0. The van der Waals surface area contributed by atoms with Crippen LogP contribution in [0.25, 0.3) is 0 Å². The summed E-state index contributed by atoms with van der Waals surface area (Å²) in [6.45, 7) is 2.27. The van der Waals surface area contributed by atoms with Gasteiger partial charge < -0.3 is 14.4 Å². The largest absolute Gasteiger partial charge is 0.484 e. The lowest BCUT2D eigenvalue weighted by Gasteiger charge is -2.22. The molecule has 0 atom stereocenters. The zero-order valence-electron chi connectivity index (χ0n) is 14.9. The molecule has 0 aromatic heterocycles. The molecule has 5 nitrogen and oxygen atoms in total. The molecule has 0 radical (unpaired) electrons. The monoisotopic (exact) mass is 359 g/mol. The Hall–Kier alpha value is -2.89. The van der Waals surface area contributed by atoms with Crippen LogP contribution in [-0.4, -0.2) is 37.0 Å². The summed E-state index contributed by atoms with van der Waals surface area (Å²) < 4.78 is 23.2. The maximum Gasteiger partial charge on any atom is 0.307 e. The molecule has 0 fully saturated rings. The van der Waals surface area contributed by atoms with Crippen LogP contribution in [0.1, 0.15) is 17.5 Å². The number of esters is 1. The molecular formula is C20H22FNO4. The molecule has 2 rings (SSSR count). The summed E-state index contributed by atoms with van der Waals surface area (Å²) in [5.41, 5.74) is 1.86. The van der Waals surface area contributed by atoms with Crippen LogP contribution >= 0.6 is 0 Å². The first-order valence-corrected chi connectivity index (χ1v) is 8.26. The first-order valence-electron chi connectivity index (χ1n) is 8.26. The van der Waals surface area contributed by atoms with E-state index in [2.05, 4.69) is 4.74 Å². The Bertz CT molecular complexity index is 728. The number of amides is 1. The van der Waals surface area contributed by atoms with Gasteiger partial charge in [-0.3, -0.25) is 9.59 Å². The minimum Gasteiger partial charge on any atom is -0.484 e. The van der Waals surface area contributed by atoms with Gasteiger partial charge in [0.15, 0.2) is 6.61 Å². The maximum absolute atomic E-state index is 13.1. The molecule has 26 heavy (non-hydrogen) atoms. The van der Waals surface area contributed by atoms with Crippen molar-refractivity contribution in [3.63, 3.8) is 0 Å². The zero-order valence-corrected chi connectivity index (χ0v) is 14.9. The minimum atomic E-state index is -0.402. The normalized spacial score (nSPS) is 10.3. The molecular weight excluding hydrogens is 337 g/mol. The molecule has 138 valence electrons. The highest BCUT2D eigenvalue weighted by Gasteiger charge is 2.16. The van der Waals surface area contributed by atoms with Crippen molar-refractivity contribution < 1.29 is 23.5 Å². The zero-order chi connectivity index (χ0) is 18.9. The number of ether oxygens (including phenoxy) is 2. The molecule has 0 aliphatic rings. The van der Waals surface area contributed by atoms with Crippen LogP contribution in [-0.2, 0) is 20.9 Å². The van der Waals surface area contributed by atoms with Crippen LogP contribution < -0.4 is 4.74 Å². The van der Waals surface area contributed by atoms with Crippen molar-refractivity contribution >= 4 is 11.9 Å². The molecule has 2 aromatic carbocycles. The average molecular weight is 359 g/mol. The molecule has 0 spiro atoms. The van der Waals surface area contributed by atoms with Gasteiger partial charge in [0.05, 0.1) is 13.5 Å². The second-order valence-corrected chi connectivity index (χ2v) is 5.87. The number of halogens is 1. The second kappa shape index (κ2) is 9.56. The Balaban J connectivity index is 2.00. The lowest BCUT2D eigenvalue weighted by molar-refractivity contribution is -0.142. The van der Waals surface area contributed by atoms with Crippen molar-refractivity contribution in [3.05, 3.63) is 65.5 Å². The number of aryl methyl sites for hydroxylation is 1. The van der Waals surface area contributed by atoms with E-state index in [4.69, 9.17) is 4.74 Å². The van der Waals surface area contributed by atoms with E-state index in [9.17, 15) is 14.0 Å². The van der Waals surface area contributed by atoms with Gasteiger partial charge in [0.1, 0.15) is 11.6 Å². The standard InChI is InChI=1S/C20H22FNO4/c1-15-3-9-18(10-4-15)26-14-19(23)22(12-11-20(24)25-2)13-16-5-7-17(21)8-6-16/h3-10H,11-14H2,1-2H3. The fraction of sp³-hybridized carbons (Fsp3) is 0.300. The number of carbonyl (C=O) groups excluding carboxylic acids is 2. The van der Waals surface area contributed by atoms with Gasteiger partial charge in [-0.05, 0) is 36.8 Å². The number of nitrogens with zero attached hydrogens (tertiary/aromatic N) is 1. The Labute approximate surface area is 152 Å². The Morgan fingerprint density at radius 1 is 1.04 bits per heavy atom. The van der Waals surface area contributed by atoms with Crippen molar-refractivity contribution in [1.29, 1.82) is 0 Å². The molecule has 0 aliphatic carbocycles. The van der Waals surface area contributed by atoms with Crippen LogP contribution in [0.5, 0.6) is 5.75 Å². The predicted octanol–water partition coefficient (Wildman–Crippen LogP) is 3.10. The smallest absolute Gasteiger partial charge is 0.307 e. The number of carbonyl (C=O) groups is 2. The van der Waals surface area contributed by atoms with E-state index >= 15 is 0 Å². The van der Waals surface area contributed by atoms with Gasteiger partial charge in [0.25, 0.3) is 5.91 Å². The van der Waals surface area contributed by atoms with Gasteiger partial charge in [-0.1, -0.05) is 29.8 Å². The van der Waals surface area contributed by atoms with Crippen LogP contribution in [0.15, 0.2) is 48.5 Å². The Morgan fingerprint density at radius 2 is 1.69 bits per heavy atom. The SMILES string of the molecule is COC(=O)CCN(Cc1ccc(F)cc1)C(=O)COc1ccc(C)cc1. The van der Waals surface area contributed by atoms with Crippen LogP contribution in [0.2, 0.25) is 0 Å². The third kappa shape index (κ3) is 6.20. The number of rotatable bonds is 8. The summed E-state index contributed by atoms with van der Waals surface area (Å²) >= 11 is 0. The van der Waals surface area contributed by atoms with Crippen LogP contribution in [0.3, 0.4) is 0 Å². The number of hydrogen-bond acceptors (Lipinski definition) is 4. The van der Waals surface area contributed by atoms with Crippen molar-refractivity contribution in [3.8, 4) is 5.75 Å². The summed E-state index contributed by atoms with van der Waals surface area (Å²) in [7, 11) is 1.30. The van der Waals surface area contributed by atoms with Gasteiger partial charge in [-0.25, -0.2) is 4.39 Å². The fourth-order valence-electron chi connectivity index (χ4n) is 2.30. The first-order chi connectivity index (χ1) is 12.5. The molecule has 1 amide bonds. The Morgan fingerprint density at radius 3 is 2.31 bits per heavy atom. The molecule has 0 aliphatic heterocycles. The molecule has 0 heterocycles. The van der Waals surface area contributed by atoms with E-state index in [0.29, 0.717) is 5.75 Å². The van der Waals surface area contributed by atoms with E-state index in [-0.39, 0.29) is 37.8 Å². The summed E-state index contributed by atoms with van der Waals surface area (Å²) in [5, 5.41) is 0. The van der Waals surface area contributed by atoms with E-state index in [1.807, 2.05) is 19.1 Å². The maximum atomic E-state index is 13.1. The summed E-state index contributed by atoms with van der Waals surface area (Å²) in [6, 6.07) is 13.3. The quantitative estimate of drug-likeness (QED) is 0.680. The summed E-state index contributed by atoms with van der Waals surface area (Å²) in [5.74, 6) is -0.414. The number of benzene rings is 2. The van der Waals surface area contributed by atoms with Gasteiger partial charge in [-0.15, -0.1) is 0 Å². The number of methoxy groups -OCH3 is 1. The topological polar surface area (TPSA) is 55.8 Å². The van der Waals surface area contributed by atoms with Gasteiger partial charge >= 0.3 is 5.97 Å².